The van der Waals surface area contributed by atoms with Crippen LogP contribution in [-0.2, 0) is 5.75 Å². The van der Waals surface area contributed by atoms with Crippen molar-refractivity contribution in [2.45, 2.75) is 10.6 Å². The van der Waals surface area contributed by atoms with Crippen LogP contribution in [0.5, 0.6) is 0 Å². The summed E-state index contributed by atoms with van der Waals surface area (Å²) in [6.07, 6.45) is 0. The van der Waals surface area contributed by atoms with E-state index in [9.17, 15) is 4.39 Å². The van der Waals surface area contributed by atoms with Gasteiger partial charge in [0.05, 0.1) is 5.56 Å². The molecule has 0 heterocycles. The Morgan fingerprint density at radius 2 is 2.11 bits per heavy atom. The molecular formula is C14H10ClFN2S. The smallest absolute Gasteiger partial charge is 0.144 e. The van der Waals surface area contributed by atoms with Crippen LogP contribution in [0.25, 0.3) is 0 Å². The molecule has 0 aromatic heterocycles. The maximum Gasteiger partial charge on any atom is 0.144 e. The first-order valence-corrected chi connectivity index (χ1v) is 6.83. The van der Waals surface area contributed by atoms with Crippen LogP contribution in [0.1, 0.15) is 11.1 Å². The molecule has 0 bridgehead atoms. The number of nitriles is 1. The molecule has 2 N–H and O–H groups in total. The lowest BCUT2D eigenvalue weighted by molar-refractivity contribution is 0.613. The number of halogens is 2. The molecule has 0 unspecified atom stereocenters. The molecule has 0 amide bonds. The minimum atomic E-state index is -0.468. The van der Waals surface area contributed by atoms with Crippen LogP contribution in [0.2, 0.25) is 5.02 Å². The molecule has 2 aromatic rings. The zero-order valence-corrected chi connectivity index (χ0v) is 11.4. The second kappa shape index (κ2) is 5.96. The highest BCUT2D eigenvalue weighted by Crippen LogP contribution is 2.31. The summed E-state index contributed by atoms with van der Waals surface area (Å²) < 4.78 is 13.9. The van der Waals surface area contributed by atoms with Crippen LogP contribution in [-0.4, -0.2) is 0 Å². The number of rotatable bonds is 3. The largest absolute Gasteiger partial charge is 0.398 e. The van der Waals surface area contributed by atoms with E-state index >= 15 is 0 Å². The van der Waals surface area contributed by atoms with Crippen LogP contribution in [0, 0.1) is 17.1 Å². The van der Waals surface area contributed by atoms with Crippen LogP contribution in [0.15, 0.2) is 41.3 Å². The van der Waals surface area contributed by atoms with Gasteiger partial charge in [0.2, 0.25) is 0 Å². The van der Waals surface area contributed by atoms with Crippen molar-refractivity contribution in [1.29, 1.82) is 5.26 Å². The summed E-state index contributed by atoms with van der Waals surface area (Å²) in [4.78, 5) is 0.839. The fraction of sp³-hybridized carbons (Fsp3) is 0.0714. The Kier molecular flexibility index (Phi) is 4.31. The fourth-order valence-corrected chi connectivity index (χ4v) is 2.69. The van der Waals surface area contributed by atoms with Gasteiger partial charge in [0.15, 0.2) is 0 Å². The molecule has 0 aliphatic rings. The molecule has 2 nitrogen and oxygen atoms in total. The summed E-state index contributed by atoms with van der Waals surface area (Å²) in [6, 6.07) is 11.8. The molecule has 5 heteroatoms. The molecule has 96 valence electrons. The second-order valence-corrected chi connectivity index (χ2v) is 5.31. The third kappa shape index (κ3) is 3.19. The number of anilines is 1. The molecule has 0 saturated heterocycles. The standard InChI is InChI=1S/C14H10ClFN2S/c15-11-4-5-13(12(18)6-11)19-8-10-3-1-2-9(7-17)14(10)16/h1-6H,8,18H2. The first-order chi connectivity index (χ1) is 9.11. The van der Waals surface area contributed by atoms with Gasteiger partial charge in [-0.3, -0.25) is 0 Å². The number of benzene rings is 2. The molecule has 2 rings (SSSR count). The van der Waals surface area contributed by atoms with Gasteiger partial charge in [-0.25, -0.2) is 4.39 Å². The van der Waals surface area contributed by atoms with E-state index in [-0.39, 0.29) is 5.56 Å². The molecule has 0 atom stereocenters. The quantitative estimate of drug-likeness (QED) is 0.680. The lowest BCUT2D eigenvalue weighted by Crippen LogP contribution is -1.93. The van der Waals surface area contributed by atoms with E-state index in [2.05, 4.69) is 0 Å². The van der Waals surface area contributed by atoms with Gasteiger partial charge in [-0.2, -0.15) is 5.26 Å². The lowest BCUT2D eigenvalue weighted by Gasteiger charge is -2.07. The maximum absolute atomic E-state index is 13.9. The molecule has 0 aliphatic carbocycles. The Balaban J connectivity index is 2.17. The Morgan fingerprint density at radius 3 is 2.79 bits per heavy atom. The molecule has 0 radical (unpaired) electrons. The maximum atomic E-state index is 13.9. The number of nitrogens with zero attached hydrogens (tertiary/aromatic N) is 1. The van der Waals surface area contributed by atoms with E-state index in [4.69, 9.17) is 22.6 Å². The van der Waals surface area contributed by atoms with Crippen LogP contribution >= 0.6 is 23.4 Å². The van der Waals surface area contributed by atoms with Crippen molar-refractivity contribution in [3.05, 3.63) is 58.4 Å². The zero-order valence-electron chi connectivity index (χ0n) is 9.86. The van der Waals surface area contributed by atoms with Crippen molar-refractivity contribution in [1.82, 2.24) is 0 Å². The summed E-state index contributed by atoms with van der Waals surface area (Å²) in [5, 5.41) is 9.34. The average Bonchev–Trinajstić information content (AvgIpc) is 2.39. The molecule has 2 aromatic carbocycles. The van der Waals surface area contributed by atoms with Crippen molar-refractivity contribution in [3.63, 3.8) is 0 Å². The van der Waals surface area contributed by atoms with E-state index in [0.29, 0.717) is 22.0 Å². The fourth-order valence-electron chi connectivity index (χ4n) is 1.58. The Labute approximate surface area is 120 Å². The lowest BCUT2D eigenvalue weighted by atomic mass is 10.1. The van der Waals surface area contributed by atoms with E-state index in [1.807, 2.05) is 6.07 Å². The third-order valence-corrected chi connectivity index (χ3v) is 3.93. The van der Waals surface area contributed by atoms with Crippen molar-refractivity contribution in [2.24, 2.45) is 0 Å². The summed E-state index contributed by atoms with van der Waals surface area (Å²) in [6.45, 7) is 0. The van der Waals surface area contributed by atoms with Gasteiger partial charge in [-0.1, -0.05) is 23.7 Å². The molecule has 0 spiro atoms. The van der Waals surface area contributed by atoms with Crippen molar-refractivity contribution in [2.75, 3.05) is 5.73 Å². The van der Waals surface area contributed by atoms with Gasteiger partial charge in [0.25, 0.3) is 0 Å². The highest BCUT2D eigenvalue weighted by Gasteiger charge is 2.09. The summed E-state index contributed by atoms with van der Waals surface area (Å²) >= 11 is 7.22. The van der Waals surface area contributed by atoms with Gasteiger partial charge in [-0.05, 0) is 29.8 Å². The summed E-state index contributed by atoms with van der Waals surface area (Å²) in [5.41, 5.74) is 6.93. The summed E-state index contributed by atoms with van der Waals surface area (Å²) in [5.74, 6) is -0.0577. The molecule has 0 saturated carbocycles. The predicted molar refractivity (Wildman–Crippen MR) is 76.5 cm³/mol. The van der Waals surface area contributed by atoms with Gasteiger partial charge in [0, 0.05) is 21.4 Å². The number of nitrogen functional groups attached to an aromatic ring is 1. The number of hydrogen-bond acceptors (Lipinski definition) is 3. The topological polar surface area (TPSA) is 49.8 Å². The van der Waals surface area contributed by atoms with Crippen molar-refractivity contribution < 1.29 is 4.39 Å². The predicted octanol–water partition coefficient (Wildman–Crippen LogP) is 4.23. The van der Waals surface area contributed by atoms with Gasteiger partial charge in [0.1, 0.15) is 11.9 Å². The average molecular weight is 293 g/mol. The minimum absolute atomic E-state index is 0.0576. The first-order valence-electron chi connectivity index (χ1n) is 5.47. The van der Waals surface area contributed by atoms with Gasteiger partial charge < -0.3 is 5.73 Å². The highest BCUT2D eigenvalue weighted by atomic mass is 35.5. The molecule has 19 heavy (non-hydrogen) atoms. The monoisotopic (exact) mass is 292 g/mol. The molecule has 0 aliphatic heterocycles. The Bertz CT molecular complexity index is 652. The third-order valence-electron chi connectivity index (χ3n) is 2.55. The van der Waals surface area contributed by atoms with Gasteiger partial charge >= 0.3 is 0 Å². The van der Waals surface area contributed by atoms with E-state index in [1.54, 1.807) is 30.3 Å². The number of nitrogens with two attached hydrogens (primary N) is 1. The summed E-state index contributed by atoms with van der Waals surface area (Å²) in [7, 11) is 0. The number of thioether (sulfide) groups is 1. The normalized spacial score (nSPS) is 10.2. The van der Waals surface area contributed by atoms with E-state index < -0.39 is 5.82 Å². The van der Waals surface area contributed by atoms with E-state index in [1.165, 1.54) is 17.8 Å². The van der Waals surface area contributed by atoms with Crippen LogP contribution in [0.4, 0.5) is 10.1 Å². The van der Waals surface area contributed by atoms with Crippen LogP contribution < -0.4 is 5.73 Å². The number of hydrogen-bond donors (Lipinski definition) is 1. The minimum Gasteiger partial charge on any atom is -0.398 e. The van der Waals surface area contributed by atoms with Crippen LogP contribution in [0.3, 0.4) is 0 Å². The molecular weight excluding hydrogens is 283 g/mol. The van der Waals surface area contributed by atoms with E-state index in [0.717, 1.165) is 4.90 Å². The first kappa shape index (κ1) is 13.7. The van der Waals surface area contributed by atoms with Gasteiger partial charge in [-0.15, -0.1) is 11.8 Å². The SMILES string of the molecule is N#Cc1cccc(CSc2ccc(Cl)cc2N)c1F. The van der Waals surface area contributed by atoms with Crippen molar-refractivity contribution in [3.8, 4) is 6.07 Å². The molecule has 0 fully saturated rings. The Morgan fingerprint density at radius 1 is 1.32 bits per heavy atom. The zero-order chi connectivity index (χ0) is 13.8. The van der Waals surface area contributed by atoms with Crippen molar-refractivity contribution >= 4 is 29.1 Å². The second-order valence-electron chi connectivity index (χ2n) is 3.86. The Hall–Kier alpha value is -1.70. The highest BCUT2D eigenvalue weighted by molar-refractivity contribution is 7.98.